The van der Waals surface area contributed by atoms with E-state index in [2.05, 4.69) is 151 Å². The van der Waals surface area contributed by atoms with Gasteiger partial charge in [-0.25, -0.2) is 0 Å². The van der Waals surface area contributed by atoms with Gasteiger partial charge in [0.05, 0.1) is 12.8 Å². The fourth-order valence-electron chi connectivity index (χ4n) is 6.35. The van der Waals surface area contributed by atoms with Gasteiger partial charge in [0.25, 0.3) is 0 Å². The Bertz CT molecular complexity index is 1940. The summed E-state index contributed by atoms with van der Waals surface area (Å²) in [6.07, 6.45) is 7.65. The van der Waals surface area contributed by atoms with E-state index in [4.69, 9.17) is 4.74 Å². The van der Waals surface area contributed by atoms with Crippen LogP contribution in [0.25, 0.3) is 5.57 Å². The second-order valence-electron chi connectivity index (χ2n) is 12.2. The van der Waals surface area contributed by atoms with Crippen molar-refractivity contribution in [2.45, 2.75) is 32.4 Å². The normalized spacial score (nSPS) is 15.9. The fourth-order valence-corrected chi connectivity index (χ4v) is 6.89. The second kappa shape index (κ2) is 14.5. The van der Waals surface area contributed by atoms with Gasteiger partial charge in [-0.05, 0) is 109 Å². The molecular weight excluding hydrogens is 615 g/mol. The highest BCUT2D eigenvalue weighted by Gasteiger charge is 2.43. The zero-order valence-corrected chi connectivity index (χ0v) is 28.2. The molecule has 6 nitrogen and oxygen atoms in total. The van der Waals surface area contributed by atoms with Crippen molar-refractivity contribution in [2.75, 3.05) is 22.6 Å². The molecule has 2 N–H and O–H groups in total. The molecule has 6 rings (SSSR count). The van der Waals surface area contributed by atoms with E-state index in [-0.39, 0.29) is 19.2 Å². The molecule has 48 heavy (non-hydrogen) atoms. The molecule has 1 atom stereocenters. The lowest BCUT2D eigenvalue weighted by molar-refractivity contribution is 0.309. The highest BCUT2D eigenvalue weighted by atomic mass is 31.2. The molecule has 0 aromatic heterocycles. The zero-order chi connectivity index (χ0) is 33.6. The van der Waals surface area contributed by atoms with Crippen LogP contribution in [0.2, 0.25) is 0 Å². The molecule has 5 aromatic rings. The Morgan fingerprint density at radius 3 is 1.75 bits per heavy atom. The molecule has 0 radical (unpaired) electrons. The van der Waals surface area contributed by atoms with Crippen LogP contribution in [0.15, 0.2) is 152 Å². The van der Waals surface area contributed by atoms with E-state index >= 15 is 0 Å². The third-order valence-corrected chi connectivity index (χ3v) is 9.42. The van der Waals surface area contributed by atoms with Crippen molar-refractivity contribution in [1.82, 2.24) is 0 Å². The number of rotatable bonds is 12. The van der Waals surface area contributed by atoms with Crippen LogP contribution in [0.4, 0.5) is 22.7 Å². The smallest absolute Gasteiger partial charge is 0.325 e. The number of para-hydroxylation sites is 1. The van der Waals surface area contributed by atoms with Crippen LogP contribution in [0, 0.1) is 13.8 Å². The first-order valence-electron chi connectivity index (χ1n) is 16.2. The monoisotopic (exact) mass is 656 g/mol. The van der Waals surface area contributed by atoms with Crippen LogP contribution in [-0.2, 0) is 4.57 Å². The summed E-state index contributed by atoms with van der Waals surface area (Å²) in [7, 11) is -4.06. The summed E-state index contributed by atoms with van der Waals surface area (Å²) in [6, 6.07) is 46.3. The van der Waals surface area contributed by atoms with Crippen LogP contribution < -0.4 is 14.5 Å². The van der Waals surface area contributed by atoms with Gasteiger partial charge in [-0.15, -0.1) is 0 Å². The Labute approximate surface area is 283 Å². The predicted molar refractivity (Wildman–Crippen MR) is 197 cm³/mol. The van der Waals surface area contributed by atoms with Crippen LogP contribution in [-0.4, -0.2) is 28.2 Å². The van der Waals surface area contributed by atoms with Crippen molar-refractivity contribution in [2.24, 2.45) is 0 Å². The molecular formula is C41H41N2O4P. The van der Waals surface area contributed by atoms with Crippen molar-refractivity contribution in [3.63, 3.8) is 0 Å². The molecule has 0 fully saturated rings. The van der Waals surface area contributed by atoms with Crippen LogP contribution in [0.1, 0.15) is 29.5 Å². The third kappa shape index (κ3) is 7.64. The molecule has 0 spiro atoms. The Morgan fingerprint density at radius 2 is 1.23 bits per heavy atom. The second-order valence-corrected chi connectivity index (χ2v) is 14.0. The topological polar surface area (TPSA) is 73.2 Å². The lowest BCUT2D eigenvalue weighted by atomic mass is 9.88. The molecule has 244 valence electrons. The minimum atomic E-state index is -4.06. The summed E-state index contributed by atoms with van der Waals surface area (Å²) >= 11 is 0. The highest BCUT2D eigenvalue weighted by molar-refractivity contribution is 7.51. The van der Waals surface area contributed by atoms with Gasteiger partial charge in [-0.3, -0.25) is 4.57 Å². The zero-order valence-electron chi connectivity index (χ0n) is 27.3. The van der Waals surface area contributed by atoms with Gasteiger partial charge in [0, 0.05) is 29.2 Å². The molecule has 1 unspecified atom stereocenters. The quantitative estimate of drug-likeness (QED) is 0.0791. The molecule has 1 aliphatic rings. The van der Waals surface area contributed by atoms with Crippen molar-refractivity contribution < 1.29 is 19.1 Å². The SMILES string of the molecule is Cc1cccc(N(c2ccccc2)C2(N(c3ccc(OCCCP(=O)(O)O)cc3)c3cccc(C)c3)C=CC(c3ccccc3)=CC2)c1. The van der Waals surface area contributed by atoms with Crippen molar-refractivity contribution in [3.05, 3.63) is 168 Å². The van der Waals surface area contributed by atoms with Gasteiger partial charge < -0.3 is 24.3 Å². The average Bonchev–Trinajstić information content (AvgIpc) is 3.08. The number of allylic oxidation sites excluding steroid dienone is 2. The number of nitrogens with zero attached hydrogens (tertiary/aromatic N) is 2. The van der Waals surface area contributed by atoms with E-state index in [0.717, 1.165) is 28.3 Å². The summed E-state index contributed by atoms with van der Waals surface area (Å²) in [5, 5.41) is 0. The lowest BCUT2D eigenvalue weighted by Crippen LogP contribution is -2.57. The standard InChI is InChI=1S/C41H41N2O4P/c1-32-12-9-18-38(30-32)42(36-16-7-4-8-17-36)41(26-24-35(25-27-41)34-14-5-3-6-15-34)43(39-19-10-13-33(2)31-39)37-20-22-40(23-21-37)47-28-11-29-48(44,45)46/h3-10,12-26,30-31H,11,27-29H2,1-2H3,(H2,44,45,46). The number of hydrogen-bond donors (Lipinski definition) is 2. The Morgan fingerprint density at radius 1 is 0.688 bits per heavy atom. The molecule has 1 aliphatic carbocycles. The minimum absolute atomic E-state index is 0.201. The Balaban J connectivity index is 1.51. The molecule has 0 aliphatic heterocycles. The number of anilines is 4. The fraction of sp³-hybridized carbons (Fsp3) is 0.171. The van der Waals surface area contributed by atoms with Gasteiger partial charge in [0.15, 0.2) is 0 Å². The number of hydrogen-bond acceptors (Lipinski definition) is 4. The Hall–Kier alpha value is -4.87. The first-order valence-corrected chi connectivity index (χ1v) is 18.0. The first kappa shape index (κ1) is 33.0. The summed E-state index contributed by atoms with van der Waals surface area (Å²) in [5.41, 5.74) is 8.10. The number of aryl methyl sites for hydroxylation is 2. The summed E-state index contributed by atoms with van der Waals surface area (Å²) < 4.78 is 17.2. The first-order chi connectivity index (χ1) is 23.2. The van der Waals surface area contributed by atoms with Crippen molar-refractivity contribution in [3.8, 4) is 5.75 Å². The molecule has 0 heterocycles. The van der Waals surface area contributed by atoms with E-state index in [1.165, 1.54) is 16.7 Å². The largest absolute Gasteiger partial charge is 0.494 e. The van der Waals surface area contributed by atoms with E-state index < -0.39 is 13.3 Å². The maximum absolute atomic E-state index is 11.3. The third-order valence-electron chi connectivity index (χ3n) is 8.53. The summed E-state index contributed by atoms with van der Waals surface area (Å²) in [5.74, 6) is 0.645. The van der Waals surface area contributed by atoms with Crippen molar-refractivity contribution >= 4 is 35.9 Å². The van der Waals surface area contributed by atoms with E-state index in [0.29, 0.717) is 12.2 Å². The van der Waals surface area contributed by atoms with Crippen LogP contribution in [0.5, 0.6) is 5.75 Å². The number of ether oxygens (including phenoxy) is 1. The summed E-state index contributed by atoms with van der Waals surface area (Å²) in [4.78, 5) is 23.3. The molecule has 0 saturated carbocycles. The maximum Gasteiger partial charge on any atom is 0.325 e. The number of benzene rings is 5. The van der Waals surface area contributed by atoms with E-state index in [1.807, 2.05) is 24.3 Å². The van der Waals surface area contributed by atoms with Gasteiger partial charge in [-0.2, -0.15) is 0 Å². The van der Waals surface area contributed by atoms with Gasteiger partial charge >= 0.3 is 7.60 Å². The average molecular weight is 657 g/mol. The Kier molecular flexibility index (Phi) is 9.98. The van der Waals surface area contributed by atoms with E-state index in [9.17, 15) is 14.4 Å². The van der Waals surface area contributed by atoms with E-state index in [1.54, 1.807) is 0 Å². The molecule has 0 bridgehead atoms. The van der Waals surface area contributed by atoms with Crippen LogP contribution in [0.3, 0.4) is 0 Å². The summed E-state index contributed by atoms with van der Waals surface area (Å²) in [6.45, 7) is 4.46. The molecule has 0 saturated heterocycles. The van der Waals surface area contributed by atoms with Gasteiger partial charge in [0.2, 0.25) is 0 Å². The minimum Gasteiger partial charge on any atom is -0.494 e. The van der Waals surface area contributed by atoms with Gasteiger partial charge in [-0.1, -0.05) is 84.9 Å². The maximum atomic E-state index is 11.3. The highest BCUT2D eigenvalue weighted by Crippen LogP contribution is 2.47. The van der Waals surface area contributed by atoms with Crippen LogP contribution >= 0.6 is 7.60 Å². The van der Waals surface area contributed by atoms with Gasteiger partial charge in [0.1, 0.15) is 11.4 Å². The predicted octanol–water partition coefficient (Wildman–Crippen LogP) is 9.97. The molecule has 7 heteroatoms. The molecule has 0 amide bonds. The lowest BCUT2D eigenvalue weighted by Gasteiger charge is -2.52. The van der Waals surface area contributed by atoms with Crippen molar-refractivity contribution in [1.29, 1.82) is 0 Å². The molecule has 5 aromatic carbocycles.